The average molecular weight is 214 g/mol. The summed E-state index contributed by atoms with van der Waals surface area (Å²) in [5.74, 6) is 0.115. The van der Waals surface area contributed by atoms with Gasteiger partial charge in [-0.25, -0.2) is 0 Å². The van der Waals surface area contributed by atoms with E-state index in [1.165, 1.54) is 0 Å². The molecule has 0 fully saturated rings. The summed E-state index contributed by atoms with van der Waals surface area (Å²) < 4.78 is 0. The zero-order chi connectivity index (χ0) is 10.6. The Labute approximate surface area is 87.4 Å². The van der Waals surface area contributed by atoms with Crippen LogP contribution in [0, 0.1) is 6.92 Å². The van der Waals surface area contributed by atoms with Crippen LogP contribution in [0.1, 0.15) is 5.56 Å². The number of amidine groups is 1. The second-order valence-corrected chi connectivity index (χ2v) is 3.28. The largest absolute Gasteiger partial charge is 0.409 e. The molecule has 76 valence electrons. The van der Waals surface area contributed by atoms with Crippen LogP contribution in [-0.4, -0.2) is 17.6 Å². The van der Waals surface area contributed by atoms with E-state index < -0.39 is 0 Å². The minimum absolute atomic E-state index is 0.115. The molecule has 0 saturated heterocycles. The van der Waals surface area contributed by atoms with Gasteiger partial charge in [-0.2, -0.15) is 0 Å². The van der Waals surface area contributed by atoms with Gasteiger partial charge in [-0.1, -0.05) is 28.9 Å². The van der Waals surface area contributed by atoms with E-state index in [4.69, 9.17) is 22.5 Å². The Balaban J connectivity index is 2.76. The molecule has 0 atom stereocenters. The van der Waals surface area contributed by atoms with E-state index in [0.717, 1.165) is 11.3 Å². The normalized spacial score (nSPS) is 11.4. The standard InChI is InChI=1S/C9H12ClN3O/c1-6-3-2-4-7(10)9(6)12-5-8(11)13-14/h2-4,12,14H,5H2,1H3,(H2,11,13). The van der Waals surface area contributed by atoms with Crippen LogP contribution in [0.4, 0.5) is 5.69 Å². The Hall–Kier alpha value is -1.42. The summed E-state index contributed by atoms with van der Waals surface area (Å²) in [4.78, 5) is 0. The fourth-order valence-corrected chi connectivity index (χ4v) is 1.36. The van der Waals surface area contributed by atoms with Gasteiger partial charge < -0.3 is 16.3 Å². The van der Waals surface area contributed by atoms with Crippen molar-refractivity contribution in [1.82, 2.24) is 0 Å². The van der Waals surface area contributed by atoms with Crippen LogP contribution in [0.3, 0.4) is 0 Å². The Kier molecular flexibility index (Phi) is 3.59. The van der Waals surface area contributed by atoms with Crippen LogP contribution in [0.5, 0.6) is 0 Å². The monoisotopic (exact) mass is 213 g/mol. The first-order chi connectivity index (χ1) is 6.65. The lowest BCUT2D eigenvalue weighted by Gasteiger charge is -2.10. The topological polar surface area (TPSA) is 70.6 Å². The van der Waals surface area contributed by atoms with Crippen molar-refractivity contribution in [3.8, 4) is 0 Å². The predicted molar refractivity (Wildman–Crippen MR) is 58.1 cm³/mol. The highest BCUT2D eigenvalue weighted by Gasteiger charge is 2.02. The molecule has 1 aromatic carbocycles. The molecule has 14 heavy (non-hydrogen) atoms. The maximum absolute atomic E-state index is 8.34. The van der Waals surface area contributed by atoms with Gasteiger partial charge in [0.1, 0.15) is 0 Å². The van der Waals surface area contributed by atoms with Gasteiger partial charge in [0.05, 0.1) is 17.3 Å². The summed E-state index contributed by atoms with van der Waals surface area (Å²) >= 11 is 5.95. The number of anilines is 1. The van der Waals surface area contributed by atoms with Crippen LogP contribution in [0.25, 0.3) is 0 Å². The van der Waals surface area contributed by atoms with Crippen molar-refractivity contribution in [3.05, 3.63) is 28.8 Å². The molecule has 0 radical (unpaired) electrons. The van der Waals surface area contributed by atoms with Crippen LogP contribution < -0.4 is 11.1 Å². The smallest absolute Gasteiger partial charge is 0.158 e. The van der Waals surface area contributed by atoms with Crippen LogP contribution in [0.15, 0.2) is 23.4 Å². The molecule has 0 aromatic heterocycles. The third-order valence-corrected chi connectivity index (χ3v) is 2.11. The lowest BCUT2D eigenvalue weighted by Crippen LogP contribution is -2.22. The van der Waals surface area contributed by atoms with Crippen molar-refractivity contribution in [2.24, 2.45) is 10.9 Å². The third kappa shape index (κ3) is 2.53. The molecule has 1 rings (SSSR count). The first-order valence-corrected chi connectivity index (χ1v) is 4.48. The van der Waals surface area contributed by atoms with E-state index in [0.29, 0.717) is 5.02 Å². The van der Waals surface area contributed by atoms with Crippen LogP contribution in [-0.2, 0) is 0 Å². The number of hydrogen-bond acceptors (Lipinski definition) is 3. The van der Waals surface area contributed by atoms with E-state index in [1.54, 1.807) is 6.07 Å². The second-order valence-electron chi connectivity index (χ2n) is 2.88. The average Bonchev–Trinajstić information content (AvgIpc) is 2.16. The summed E-state index contributed by atoms with van der Waals surface area (Å²) in [7, 11) is 0. The number of nitrogens with two attached hydrogens (primary N) is 1. The Bertz CT molecular complexity index is 332. The summed E-state index contributed by atoms with van der Waals surface area (Å²) in [5.41, 5.74) is 7.14. The van der Waals surface area contributed by atoms with Gasteiger partial charge in [0, 0.05) is 0 Å². The van der Waals surface area contributed by atoms with Crippen molar-refractivity contribution < 1.29 is 5.21 Å². The molecular formula is C9H12ClN3O. The minimum atomic E-state index is 0.115. The number of aryl methyl sites for hydroxylation is 1. The molecule has 0 aliphatic heterocycles. The second kappa shape index (κ2) is 4.72. The van der Waals surface area contributed by atoms with Gasteiger partial charge in [0.2, 0.25) is 0 Å². The maximum Gasteiger partial charge on any atom is 0.158 e. The van der Waals surface area contributed by atoms with Gasteiger partial charge in [-0.05, 0) is 18.6 Å². The summed E-state index contributed by atoms with van der Waals surface area (Å²) in [5, 5.41) is 14.8. The van der Waals surface area contributed by atoms with E-state index in [9.17, 15) is 0 Å². The predicted octanol–water partition coefficient (Wildman–Crippen LogP) is 1.81. The van der Waals surface area contributed by atoms with Gasteiger partial charge in [-0.3, -0.25) is 0 Å². The Morgan fingerprint density at radius 3 is 2.93 bits per heavy atom. The third-order valence-electron chi connectivity index (χ3n) is 1.80. The molecule has 0 bridgehead atoms. The lowest BCUT2D eigenvalue weighted by molar-refractivity contribution is 0.317. The molecule has 0 amide bonds. The number of hydrogen-bond donors (Lipinski definition) is 3. The molecule has 0 aliphatic carbocycles. The molecule has 0 saturated carbocycles. The molecule has 1 aromatic rings. The van der Waals surface area contributed by atoms with E-state index in [-0.39, 0.29) is 12.4 Å². The molecule has 0 unspecified atom stereocenters. The molecule has 4 N–H and O–H groups in total. The van der Waals surface area contributed by atoms with Crippen LogP contribution >= 0.6 is 11.6 Å². The Morgan fingerprint density at radius 2 is 2.36 bits per heavy atom. The highest BCUT2D eigenvalue weighted by atomic mass is 35.5. The van der Waals surface area contributed by atoms with Crippen molar-refractivity contribution >= 4 is 23.1 Å². The number of benzene rings is 1. The minimum Gasteiger partial charge on any atom is -0.409 e. The quantitative estimate of drug-likeness (QED) is 0.310. The molecule has 0 heterocycles. The first-order valence-electron chi connectivity index (χ1n) is 4.10. The number of para-hydroxylation sites is 1. The highest BCUT2D eigenvalue weighted by Crippen LogP contribution is 2.24. The summed E-state index contributed by atoms with van der Waals surface area (Å²) in [6.45, 7) is 2.20. The van der Waals surface area contributed by atoms with Gasteiger partial charge in [-0.15, -0.1) is 0 Å². The lowest BCUT2D eigenvalue weighted by atomic mass is 10.2. The highest BCUT2D eigenvalue weighted by molar-refractivity contribution is 6.33. The first kappa shape index (κ1) is 10.7. The van der Waals surface area contributed by atoms with Crippen LogP contribution in [0.2, 0.25) is 5.02 Å². The fourth-order valence-electron chi connectivity index (χ4n) is 1.07. The number of rotatable bonds is 3. The number of halogens is 1. The van der Waals surface area contributed by atoms with E-state index in [1.807, 2.05) is 19.1 Å². The number of oxime groups is 1. The maximum atomic E-state index is 8.34. The molecular weight excluding hydrogens is 202 g/mol. The van der Waals surface area contributed by atoms with Gasteiger partial charge >= 0.3 is 0 Å². The van der Waals surface area contributed by atoms with Crippen molar-refractivity contribution in [1.29, 1.82) is 0 Å². The fraction of sp³-hybridized carbons (Fsp3) is 0.222. The SMILES string of the molecule is Cc1cccc(Cl)c1NCC(N)=NO. The molecule has 4 nitrogen and oxygen atoms in total. The van der Waals surface area contributed by atoms with Gasteiger partial charge in [0.25, 0.3) is 0 Å². The number of nitrogens with one attached hydrogen (secondary N) is 1. The summed E-state index contributed by atoms with van der Waals surface area (Å²) in [6.07, 6.45) is 0. The molecule has 5 heteroatoms. The van der Waals surface area contributed by atoms with E-state index >= 15 is 0 Å². The molecule has 0 spiro atoms. The van der Waals surface area contributed by atoms with E-state index in [2.05, 4.69) is 10.5 Å². The van der Waals surface area contributed by atoms with Crippen molar-refractivity contribution in [2.45, 2.75) is 6.92 Å². The van der Waals surface area contributed by atoms with Crippen molar-refractivity contribution in [3.63, 3.8) is 0 Å². The Morgan fingerprint density at radius 1 is 1.64 bits per heavy atom. The molecule has 0 aliphatic rings. The zero-order valence-electron chi connectivity index (χ0n) is 7.79. The van der Waals surface area contributed by atoms with Gasteiger partial charge in [0.15, 0.2) is 5.84 Å². The summed E-state index contributed by atoms with van der Waals surface area (Å²) in [6, 6.07) is 5.58. The number of nitrogens with zero attached hydrogens (tertiary/aromatic N) is 1. The van der Waals surface area contributed by atoms with Crippen molar-refractivity contribution in [2.75, 3.05) is 11.9 Å². The zero-order valence-corrected chi connectivity index (χ0v) is 8.54.